The van der Waals surface area contributed by atoms with Crippen LogP contribution >= 0.6 is 0 Å². The van der Waals surface area contributed by atoms with E-state index in [0.29, 0.717) is 55.3 Å². The molecule has 148 valence electrons. The zero-order valence-corrected chi connectivity index (χ0v) is 16.1. The van der Waals surface area contributed by atoms with Crippen molar-refractivity contribution >= 4 is 11.8 Å². The third-order valence-electron chi connectivity index (χ3n) is 4.76. The van der Waals surface area contributed by atoms with Crippen LogP contribution in [0.5, 0.6) is 11.5 Å². The van der Waals surface area contributed by atoms with Crippen molar-refractivity contribution in [2.75, 3.05) is 40.4 Å². The summed E-state index contributed by atoms with van der Waals surface area (Å²) in [6, 6.07) is 6.97. The molecule has 1 saturated heterocycles. The van der Waals surface area contributed by atoms with Crippen molar-refractivity contribution in [2.45, 2.75) is 6.54 Å². The van der Waals surface area contributed by atoms with Crippen LogP contribution < -0.4 is 15.2 Å². The molecule has 2 N–H and O–H groups in total. The van der Waals surface area contributed by atoms with Crippen LogP contribution in [0.4, 0.5) is 0 Å². The van der Waals surface area contributed by atoms with E-state index in [0.717, 1.165) is 5.56 Å². The Bertz CT molecular complexity index is 863. The fourth-order valence-corrected chi connectivity index (χ4v) is 3.24. The molecule has 0 radical (unpaired) electrons. The quantitative estimate of drug-likeness (QED) is 0.831. The van der Waals surface area contributed by atoms with Gasteiger partial charge in [0.2, 0.25) is 0 Å². The SMILES string of the molecule is COc1cccc(C(=O)N2CCN(C(=O)c3cncc(CN)c3)CC2)c1OC. The Labute approximate surface area is 163 Å². The summed E-state index contributed by atoms with van der Waals surface area (Å²) in [5.41, 5.74) is 7.39. The van der Waals surface area contributed by atoms with E-state index in [-0.39, 0.29) is 11.8 Å². The summed E-state index contributed by atoms with van der Waals surface area (Å²) in [6.07, 6.45) is 3.19. The predicted molar refractivity (Wildman–Crippen MR) is 103 cm³/mol. The maximum atomic E-state index is 12.9. The number of nitrogens with zero attached hydrogens (tertiary/aromatic N) is 3. The maximum Gasteiger partial charge on any atom is 0.257 e. The highest BCUT2D eigenvalue weighted by Gasteiger charge is 2.28. The minimum absolute atomic E-state index is 0.103. The van der Waals surface area contributed by atoms with Crippen LogP contribution in [-0.4, -0.2) is 67.0 Å². The molecule has 1 aromatic carbocycles. The number of hydrogen-bond acceptors (Lipinski definition) is 6. The molecule has 2 amide bonds. The first kappa shape index (κ1) is 19.6. The van der Waals surface area contributed by atoms with Gasteiger partial charge in [0.25, 0.3) is 11.8 Å². The number of piperazine rings is 1. The van der Waals surface area contributed by atoms with Crippen molar-refractivity contribution in [2.24, 2.45) is 5.73 Å². The Morgan fingerprint density at radius 1 is 1.04 bits per heavy atom. The molecule has 1 aliphatic heterocycles. The number of carbonyl (C=O) groups excluding carboxylic acids is 2. The Morgan fingerprint density at radius 2 is 1.71 bits per heavy atom. The highest BCUT2D eigenvalue weighted by atomic mass is 16.5. The monoisotopic (exact) mass is 384 g/mol. The summed E-state index contributed by atoms with van der Waals surface area (Å²) in [4.78, 5) is 33.2. The van der Waals surface area contributed by atoms with E-state index in [1.165, 1.54) is 14.2 Å². The molecule has 8 heteroatoms. The molecule has 2 aromatic rings. The number of amides is 2. The zero-order chi connectivity index (χ0) is 20.1. The zero-order valence-electron chi connectivity index (χ0n) is 16.1. The van der Waals surface area contributed by atoms with Gasteiger partial charge in [0.05, 0.1) is 25.3 Å². The second-order valence-corrected chi connectivity index (χ2v) is 6.41. The topological polar surface area (TPSA) is 98.0 Å². The second kappa shape index (κ2) is 8.71. The van der Waals surface area contributed by atoms with E-state index in [1.807, 2.05) is 0 Å². The summed E-state index contributed by atoms with van der Waals surface area (Å²) in [5, 5.41) is 0. The van der Waals surface area contributed by atoms with Gasteiger partial charge in [-0.25, -0.2) is 0 Å². The maximum absolute atomic E-state index is 12.9. The molecule has 0 unspecified atom stereocenters. The number of ether oxygens (including phenoxy) is 2. The van der Waals surface area contributed by atoms with Gasteiger partial charge in [0.15, 0.2) is 11.5 Å². The van der Waals surface area contributed by atoms with Crippen molar-refractivity contribution in [3.63, 3.8) is 0 Å². The molecule has 0 saturated carbocycles. The van der Waals surface area contributed by atoms with Crippen LogP contribution in [0.25, 0.3) is 0 Å². The van der Waals surface area contributed by atoms with Crippen molar-refractivity contribution in [1.29, 1.82) is 0 Å². The Kier molecular flexibility index (Phi) is 6.10. The largest absolute Gasteiger partial charge is 0.493 e. The van der Waals surface area contributed by atoms with Crippen molar-refractivity contribution in [3.8, 4) is 11.5 Å². The molecule has 0 atom stereocenters. The van der Waals surface area contributed by atoms with Gasteiger partial charge in [0, 0.05) is 45.1 Å². The molecule has 2 heterocycles. The number of para-hydroxylation sites is 1. The van der Waals surface area contributed by atoms with Crippen molar-refractivity contribution < 1.29 is 19.1 Å². The van der Waals surface area contributed by atoms with E-state index >= 15 is 0 Å². The number of methoxy groups -OCH3 is 2. The number of aromatic nitrogens is 1. The van der Waals surface area contributed by atoms with Gasteiger partial charge in [-0.05, 0) is 23.8 Å². The van der Waals surface area contributed by atoms with Crippen LogP contribution in [0.3, 0.4) is 0 Å². The molecule has 1 aliphatic rings. The molecule has 1 aromatic heterocycles. The molecular weight excluding hydrogens is 360 g/mol. The molecule has 0 aliphatic carbocycles. The molecule has 8 nitrogen and oxygen atoms in total. The number of hydrogen-bond donors (Lipinski definition) is 1. The van der Waals surface area contributed by atoms with Crippen molar-refractivity contribution in [1.82, 2.24) is 14.8 Å². The van der Waals surface area contributed by atoms with E-state index in [4.69, 9.17) is 15.2 Å². The lowest BCUT2D eigenvalue weighted by Gasteiger charge is -2.35. The third kappa shape index (κ3) is 3.91. The average molecular weight is 384 g/mol. The van der Waals surface area contributed by atoms with E-state index in [1.54, 1.807) is 46.5 Å². The van der Waals surface area contributed by atoms with Crippen LogP contribution in [0, 0.1) is 0 Å². The summed E-state index contributed by atoms with van der Waals surface area (Å²) in [7, 11) is 3.04. The number of carbonyl (C=O) groups is 2. The third-order valence-corrected chi connectivity index (χ3v) is 4.76. The van der Waals surface area contributed by atoms with Gasteiger partial charge in [-0.3, -0.25) is 14.6 Å². The molecule has 0 spiro atoms. The van der Waals surface area contributed by atoms with Gasteiger partial charge in [-0.15, -0.1) is 0 Å². The molecule has 1 fully saturated rings. The normalized spacial score (nSPS) is 14.0. The van der Waals surface area contributed by atoms with Gasteiger partial charge in [-0.1, -0.05) is 6.07 Å². The number of nitrogens with two attached hydrogens (primary N) is 1. The smallest absolute Gasteiger partial charge is 0.257 e. The first-order valence-electron chi connectivity index (χ1n) is 9.02. The number of benzene rings is 1. The lowest BCUT2D eigenvalue weighted by atomic mass is 10.1. The molecule has 28 heavy (non-hydrogen) atoms. The van der Waals surface area contributed by atoms with E-state index in [9.17, 15) is 9.59 Å². The fraction of sp³-hybridized carbons (Fsp3) is 0.350. The highest BCUT2D eigenvalue weighted by molar-refractivity contribution is 5.98. The predicted octanol–water partition coefficient (Wildman–Crippen LogP) is 1.16. The Hall–Kier alpha value is -3.13. The summed E-state index contributed by atoms with van der Waals surface area (Å²) in [6.45, 7) is 2.11. The van der Waals surface area contributed by atoms with Gasteiger partial charge >= 0.3 is 0 Å². The fourth-order valence-electron chi connectivity index (χ4n) is 3.24. The summed E-state index contributed by atoms with van der Waals surface area (Å²) >= 11 is 0. The lowest BCUT2D eigenvalue weighted by molar-refractivity contribution is 0.0533. The van der Waals surface area contributed by atoms with Crippen LogP contribution in [0.1, 0.15) is 26.3 Å². The van der Waals surface area contributed by atoms with Crippen LogP contribution in [-0.2, 0) is 6.54 Å². The van der Waals surface area contributed by atoms with Crippen LogP contribution in [0.2, 0.25) is 0 Å². The Morgan fingerprint density at radius 3 is 2.32 bits per heavy atom. The Balaban J connectivity index is 1.68. The second-order valence-electron chi connectivity index (χ2n) is 6.41. The standard InChI is InChI=1S/C20H24N4O4/c1-27-17-5-3-4-16(18(17)28-2)20(26)24-8-6-23(7-9-24)19(25)15-10-14(11-21)12-22-13-15/h3-5,10,12-13H,6-9,11,21H2,1-2H3. The summed E-state index contributed by atoms with van der Waals surface area (Å²) in [5.74, 6) is 0.677. The van der Waals surface area contributed by atoms with Crippen molar-refractivity contribution in [3.05, 3.63) is 53.3 Å². The number of rotatable bonds is 5. The lowest BCUT2D eigenvalue weighted by Crippen LogP contribution is -2.50. The van der Waals surface area contributed by atoms with Gasteiger partial charge in [-0.2, -0.15) is 0 Å². The van der Waals surface area contributed by atoms with E-state index in [2.05, 4.69) is 4.98 Å². The van der Waals surface area contributed by atoms with Gasteiger partial charge < -0.3 is 25.0 Å². The minimum atomic E-state index is -0.144. The van der Waals surface area contributed by atoms with Crippen LogP contribution in [0.15, 0.2) is 36.7 Å². The molecular formula is C20H24N4O4. The number of pyridine rings is 1. The average Bonchev–Trinajstić information content (AvgIpc) is 2.77. The first-order chi connectivity index (χ1) is 13.6. The van der Waals surface area contributed by atoms with E-state index < -0.39 is 0 Å². The van der Waals surface area contributed by atoms with Gasteiger partial charge in [0.1, 0.15) is 0 Å². The highest BCUT2D eigenvalue weighted by Crippen LogP contribution is 2.31. The minimum Gasteiger partial charge on any atom is -0.493 e. The molecule has 0 bridgehead atoms. The molecule has 3 rings (SSSR count). The summed E-state index contributed by atoms with van der Waals surface area (Å²) < 4.78 is 10.6. The first-order valence-corrected chi connectivity index (χ1v) is 9.02.